The third-order valence-electron chi connectivity index (χ3n) is 6.83. The van der Waals surface area contributed by atoms with Gasteiger partial charge in [0.15, 0.2) is 0 Å². The molecule has 0 aliphatic heterocycles. The lowest BCUT2D eigenvalue weighted by Gasteiger charge is -2.34. The maximum atomic E-state index is 13.0. The lowest BCUT2D eigenvalue weighted by Crippen LogP contribution is -2.42. The summed E-state index contributed by atoms with van der Waals surface area (Å²) in [6.45, 7) is 6.13. The summed E-state index contributed by atoms with van der Waals surface area (Å²) in [4.78, 5) is 24.6. The first kappa shape index (κ1) is 27.7. The Labute approximate surface area is 191 Å². The van der Waals surface area contributed by atoms with Crippen molar-refractivity contribution in [2.45, 2.75) is 136 Å². The molecule has 4 heteroatoms. The van der Waals surface area contributed by atoms with Crippen molar-refractivity contribution in [2.24, 2.45) is 11.3 Å². The molecule has 0 spiro atoms. The standard InChI is InChI=1S/C27H48O4/c1-4-6-8-9-10-11-12-13-14-15-16-20-23(19-7-5-2)31-26(30)27(3)22-18-17-21-24(27)25(28)29/h18,22-24H,4-17,19-21H2,1-3H3,(H,28,29). The second-order valence-corrected chi connectivity index (χ2v) is 9.65. The van der Waals surface area contributed by atoms with E-state index in [1.807, 2.05) is 6.08 Å². The van der Waals surface area contributed by atoms with Crippen LogP contribution < -0.4 is 0 Å². The molecule has 180 valence electrons. The molecule has 0 heterocycles. The van der Waals surface area contributed by atoms with E-state index in [4.69, 9.17) is 4.74 Å². The highest BCUT2D eigenvalue weighted by molar-refractivity contribution is 5.86. The summed E-state index contributed by atoms with van der Waals surface area (Å²) >= 11 is 0. The van der Waals surface area contributed by atoms with E-state index in [2.05, 4.69) is 13.8 Å². The second kappa shape index (κ2) is 16.3. The minimum absolute atomic E-state index is 0.0902. The van der Waals surface area contributed by atoms with Crippen LogP contribution in [-0.2, 0) is 14.3 Å². The first-order chi connectivity index (χ1) is 15.0. The molecule has 0 saturated carbocycles. The highest BCUT2D eigenvalue weighted by Crippen LogP contribution is 2.38. The summed E-state index contributed by atoms with van der Waals surface area (Å²) in [5, 5.41) is 9.57. The van der Waals surface area contributed by atoms with Gasteiger partial charge in [-0.1, -0.05) is 103 Å². The molecule has 1 aliphatic carbocycles. The summed E-state index contributed by atoms with van der Waals surface area (Å²) in [5.41, 5.74) is -1.05. The van der Waals surface area contributed by atoms with Crippen molar-refractivity contribution in [3.63, 3.8) is 0 Å². The number of carboxylic acid groups (broad SMARTS) is 1. The third-order valence-corrected chi connectivity index (χ3v) is 6.83. The Morgan fingerprint density at radius 3 is 1.97 bits per heavy atom. The maximum absolute atomic E-state index is 13.0. The number of aliphatic carboxylic acids is 1. The number of rotatable bonds is 18. The zero-order valence-electron chi connectivity index (χ0n) is 20.5. The van der Waals surface area contributed by atoms with E-state index in [-0.39, 0.29) is 12.1 Å². The minimum atomic E-state index is -1.05. The van der Waals surface area contributed by atoms with Gasteiger partial charge in [-0.05, 0) is 39.0 Å². The van der Waals surface area contributed by atoms with E-state index in [1.54, 1.807) is 13.0 Å². The number of allylic oxidation sites excluding steroid dienone is 1. The van der Waals surface area contributed by atoms with E-state index >= 15 is 0 Å². The minimum Gasteiger partial charge on any atom is -0.481 e. The predicted octanol–water partition coefficient (Wildman–Crippen LogP) is 7.85. The average molecular weight is 437 g/mol. The van der Waals surface area contributed by atoms with E-state index in [1.165, 1.54) is 64.2 Å². The lowest BCUT2D eigenvalue weighted by atomic mass is 9.71. The van der Waals surface area contributed by atoms with Crippen LogP contribution in [0.5, 0.6) is 0 Å². The Morgan fingerprint density at radius 2 is 1.42 bits per heavy atom. The van der Waals surface area contributed by atoms with Gasteiger partial charge >= 0.3 is 11.9 Å². The van der Waals surface area contributed by atoms with Gasteiger partial charge in [-0.25, -0.2) is 0 Å². The molecule has 1 rings (SSSR count). The summed E-state index contributed by atoms with van der Waals surface area (Å²) in [6, 6.07) is 0. The number of carbonyl (C=O) groups excluding carboxylic acids is 1. The van der Waals surface area contributed by atoms with Crippen molar-refractivity contribution < 1.29 is 19.4 Å². The second-order valence-electron chi connectivity index (χ2n) is 9.65. The van der Waals surface area contributed by atoms with Gasteiger partial charge < -0.3 is 9.84 Å². The molecule has 0 fully saturated rings. The topological polar surface area (TPSA) is 63.6 Å². The Hall–Kier alpha value is -1.32. The molecule has 3 unspecified atom stereocenters. The summed E-state index contributed by atoms with van der Waals surface area (Å²) in [5.74, 6) is -1.96. The Bertz CT molecular complexity index is 527. The van der Waals surface area contributed by atoms with Crippen molar-refractivity contribution in [2.75, 3.05) is 0 Å². The first-order valence-corrected chi connectivity index (χ1v) is 13.1. The number of hydrogen-bond acceptors (Lipinski definition) is 3. The molecular weight excluding hydrogens is 388 g/mol. The fourth-order valence-electron chi connectivity index (χ4n) is 4.61. The smallest absolute Gasteiger partial charge is 0.316 e. The maximum Gasteiger partial charge on any atom is 0.316 e. The van der Waals surface area contributed by atoms with Crippen LogP contribution in [-0.4, -0.2) is 23.1 Å². The van der Waals surface area contributed by atoms with Crippen molar-refractivity contribution >= 4 is 11.9 Å². The van der Waals surface area contributed by atoms with Gasteiger partial charge in [0.25, 0.3) is 0 Å². The van der Waals surface area contributed by atoms with E-state index in [9.17, 15) is 14.7 Å². The van der Waals surface area contributed by atoms with Gasteiger partial charge in [0, 0.05) is 0 Å². The number of esters is 1. The molecule has 3 atom stereocenters. The zero-order chi connectivity index (χ0) is 23.0. The number of unbranched alkanes of at least 4 members (excludes halogenated alkanes) is 11. The van der Waals surface area contributed by atoms with E-state index < -0.39 is 17.3 Å². The van der Waals surface area contributed by atoms with Crippen molar-refractivity contribution in [1.29, 1.82) is 0 Å². The number of carboxylic acids is 1. The van der Waals surface area contributed by atoms with Gasteiger partial charge in [-0.3, -0.25) is 9.59 Å². The van der Waals surface area contributed by atoms with Crippen molar-refractivity contribution in [3.05, 3.63) is 12.2 Å². The predicted molar refractivity (Wildman–Crippen MR) is 128 cm³/mol. The molecule has 0 aromatic rings. The van der Waals surface area contributed by atoms with Crippen LogP contribution in [0.15, 0.2) is 12.2 Å². The third kappa shape index (κ3) is 10.7. The molecule has 31 heavy (non-hydrogen) atoms. The van der Waals surface area contributed by atoms with E-state index in [0.29, 0.717) is 12.8 Å². The molecule has 0 saturated heterocycles. The van der Waals surface area contributed by atoms with Crippen LogP contribution in [0.4, 0.5) is 0 Å². The highest BCUT2D eigenvalue weighted by Gasteiger charge is 2.46. The molecule has 4 nitrogen and oxygen atoms in total. The highest BCUT2D eigenvalue weighted by atomic mass is 16.5. The Kier molecular flexibility index (Phi) is 14.6. The van der Waals surface area contributed by atoms with Crippen LogP contribution in [0.25, 0.3) is 0 Å². The molecule has 0 radical (unpaired) electrons. The molecule has 1 N–H and O–H groups in total. The molecule has 0 bridgehead atoms. The SMILES string of the molecule is CCCCCCCCCCCCCC(CCCC)OC(=O)C1(C)C=CCCC1C(=O)O. The van der Waals surface area contributed by atoms with Gasteiger partial charge in [0.05, 0.1) is 11.3 Å². The fraction of sp³-hybridized carbons (Fsp3) is 0.852. The largest absolute Gasteiger partial charge is 0.481 e. The Morgan fingerprint density at radius 1 is 0.903 bits per heavy atom. The van der Waals surface area contributed by atoms with Gasteiger partial charge in [-0.15, -0.1) is 0 Å². The summed E-state index contributed by atoms with van der Waals surface area (Å²) in [7, 11) is 0. The molecule has 0 aromatic carbocycles. The Balaban J connectivity index is 2.35. The molecule has 0 amide bonds. The van der Waals surface area contributed by atoms with Crippen LogP contribution in [0.3, 0.4) is 0 Å². The quantitative estimate of drug-likeness (QED) is 0.135. The number of carbonyl (C=O) groups is 2. The molecular formula is C27H48O4. The van der Waals surface area contributed by atoms with Gasteiger partial charge in [0.2, 0.25) is 0 Å². The van der Waals surface area contributed by atoms with Crippen molar-refractivity contribution in [1.82, 2.24) is 0 Å². The van der Waals surface area contributed by atoms with Crippen LogP contribution in [0, 0.1) is 11.3 Å². The van der Waals surface area contributed by atoms with Gasteiger partial charge in [0.1, 0.15) is 6.10 Å². The van der Waals surface area contributed by atoms with Crippen molar-refractivity contribution in [3.8, 4) is 0 Å². The number of ether oxygens (including phenoxy) is 1. The van der Waals surface area contributed by atoms with Crippen LogP contribution in [0.2, 0.25) is 0 Å². The van der Waals surface area contributed by atoms with Gasteiger partial charge in [-0.2, -0.15) is 0 Å². The summed E-state index contributed by atoms with van der Waals surface area (Å²) in [6.07, 6.45) is 23.0. The van der Waals surface area contributed by atoms with Crippen LogP contribution in [0.1, 0.15) is 130 Å². The lowest BCUT2D eigenvalue weighted by molar-refractivity contribution is -0.168. The monoisotopic (exact) mass is 436 g/mol. The van der Waals surface area contributed by atoms with Crippen LogP contribution >= 0.6 is 0 Å². The zero-order valence-corrected chi connectivity index (χ0v) is 20.5. The fourth-order valence-corrected chi connectivity index (χ4v) is 4.61. The van der Waals surface area contributed by atoms with E-state index in [0.717, 1.165) is 32.1 Å². The normalized spacial score (nSPS) is 21.7. The number of hydrogen-bond donors (Lipinski definition) is 1. The summed E-state index contributed by atoms with van der Waals surface area (Å²) < 4.78 is 5.91. The first-order valence-electron chi connectivity index (χ1n) is 13.1. The average Bonchev–Trinajstić information content (AvgIpc) is 2.75. The molecule has 1 aliphatic rings. The molecule has 0 aromatic heterocycles.